The number of aliphatic hydroxyl groups excluding tert-OH is 1. The van der Waals surface area contributed by atoms with Crippen molar-refractivity contribution in [2.75, 3.05) is 5.75 Å². The Labute approximate surface area is 161 Å². The monoisotopic (exact) mass is 404 g/mol. The topological polar surface area (TPSA) is 207 Å². The van der Waals surface area contributed by atoms with Gasteiger partial charge in [0.2, 0.25) is 11.8 Å². The number of thiol groups is 1. The summed E-state index contributed by atoms with van der Waals surface area (Å²) >= 11 is 3.99. The van der Waals surface area contributed by atoms with Crippen LogP contribution in [0, 0.1) is 12.8 Å². The zero-order valence-electron chi connectivity index (χ0n) is 14.8. The number of aliphatic carboxylic acids is 1. The van der Waals surface area contributed by atoms with Gasteiger partial charge in [-0.1, -0.05) is 5.16 Å². The molecular weight excluding hydrogens is 380 g/mol. The van der Waals surface area contributed by atoms with Crippen molar-refractivity contribution in [2.45, 2.75) is 38.6 Å². The maximum atomic E-state index is 11.5. The fourth-order valence-electron chi connectivity index (χ4n) is 1.31. The summed E-state index contributed by atoms with van der Waals surface area (Å²) in [6, 6.07) is -2.69. The second kappa shape index (κ2) is 14.4. The van der Waals surface area contributed by atoms with Crippen molar-refractivity contribution in [3.8, 4) is 12.8 Å². The summed E-state index contributed by atoms with van der Waals surface area (Å²) in [5.74, 6) is -0.974. The Morgan fingerprint density at radius 1 is 1.37 bits per heavy atom. The third kappa shape index (κ3) is 12.2. The van der Waals surface area contributed by atoms with Crippen LogP contribution in [0.3, 0.4) is 0 Å². The molecular formula is C14H24N6O6S. The highest BCUT2D eigenvalue weighted by atomic mass is 32.1. The molecule has 1 rings (SSSR count). The molecule has 0 aliphatic heterocycles. The molecule has 0 aliphatic rings. The quantitative estimate of drug-likeness (QED) is 0.205. The maximum Gasteiger partial charge on any atom is 0.328 e. The lowest BCUT2D eigenvalue weighted by Gasteiger charge is -2.16. The number of hydrogen-bond acceptors (Lipinski definition) is 9. The van der Waals surface area contributed by atoms with E-state index >= 15 is 0 Å². The van der Waals surface area contributed by atoms with Crippen LogP contribution in [-0.2, 0) is 16.1 Å². The number of nitrogens with one attached hydrogen (secondary N) is 2. The Morgan fingerprint density at radius 3 is 2.30 bits per heavy atom. The minimum atomic E-state index is -1.42. The lowest BCUT2D eigenvalue weighted by Crippen LogP contribution is -2.51. The molecule has 12 nitrogen and oxygen atoms in total. The van der Waals surface area contributed by atoms with Gasteiger partial charge >= 0.3 is 12.0 Å². The highest BCUT2D eigenvalue weighted by Crippen LogP contribution is 2.07. The molecule has 0 saturated carbocycles. The molecule has 1 aromatic rings. The Kier molecular flexibility index (Phi) is 14.0. The van der Waals surface area contributed by atoms with Crippen LogP contribution in [0.15, 0.2) is 4.52 Å². The summed E-state index contributed by atoms with van der Waals surface area (Å²) in [5, 5.41) is 26.1. The van der Waals surface area contributed by atoms with Crippen molar-refractivity contribution >= 4 is 30.5 Å². The Morgan fingerprint density at radius 2 is 1.89 bits per heavy atom. The largest absolute Gasteiger partial charge is 0.480 e. The number of amides is 3. The van der Waals surface area contributed by atoms with E-state index in [1.165, 1.54) is 13.8 Å². The van der Waals surface area contributed by atoms with Gasteiger partial charge in [-0.25, -0.2) is 9.59 Å². The molecule has 13 heteroatoms. The maximum absolute atomic E-state index is 11.5. The van der Waals surface area contributed by atoms with Crippen LogP contribution in [0.2, 0.25) is 0 Å². The molecule has 0 aliphatic carbocycles. The second-order valence-corrected chi connectivity index (χ2v) is 5.19. The molecule has 152 valence electrons. The number of nitrogens with two attached hydrogens (primary N) is 2. The third-order valence-corrected chi connectivity index (χ3v) is 2.84. The number of nitrogens with zero attached hydrogens (tertiary/aromatic N) is 2. The van der Waals surface area contributed by atoms with E-state index in [-0.39, 0.29) is 24.2 Å². The van der Waals surface area contributed by atoms with Crippen molar-refractivity contribution in [3.63, 3.8) is 0 Å². The fourth-order valence-corrected chi connectivity index (χ4v) is 1.47. The van der Waals surface area contributed by atoms with Crippen LogP contribution in [-0.4, -0.2) is 56.2 Å². The minimum absolute atomic E-state index is 0.107. The average molecular weight is 404 g/mol. The van der Waals surface area contributed by atoms with Gasteiger partial charge in [-0.15, -0.1) is 12.8 Å². The number of rotatable bonds is 7. The lowest BCUT2D eigenvalue weighted by atomic mass is 10.2. The molecule has 0 saturated heterocycles. The zero-order valence-corrected chi connectivity index (χ0v) is 15.7. The molecule has 3 atom stereocenters. The van der Waals surface area contributed by atoms with Crippen LogP contribution in [0.25, 0.3) is 0 Å². The minimum Gasteiger partial charge on any atom is -0.480 e. The number of hydrogen-bond donors (Lipinski definition) is 7. The summed E-state index contributed by atoms with van der Waals surface area (Å²) in [7, 11) is 0. The molecule has 1 aromatic heterocycles. The average Bonchev–Trinajstić information content (AvgIpc) is 3.07. The van der Waals surface area contributed by atoms with Gasteiger partial charge in [-0.2, -0.15) is 17.6 Å². The molecule has 0 spiro atoms. The third-order valence-electron chi connectivity index (χ3n) is 2.45. The van der Waals surface area contributed by atoms with Gasteiger partial charge in [-0.3, -0.25) is 4.79 Å². The Balaban J connectivity index is 0. The summed E-state index contributed by atoms with van der Waals surface area (Å²) in [6.07, 6.45) is 6.76. The van der Waals surface area contributed by atoms with Crippen molar-refractivity contribution < 1.29 is 29.1 Å². The number of carbonyl (C=O) groups is 3. The number of terminal acetylenes is 1. The van der Waals surface area contributed by atoms with E-state index in [4.69, 9.17) is 15.4 Å². The van der Waals surface area contributed by atoms with Gasteiger partial charge in [0.15, 0.2) is 11.9 Å². The van der Waals surface area contributed by atoms with Crippen LogP contribution < -0.4 is 22.1 Å². The standard InChI is InChI=1S/C10H17N5O5S.C2H5NO.C2H2/c1-4(16)7(9(17)18)14-10(19)12-2-6-13-8(15-20-6)5(11)3-21;1-2(3)4;1-2/h4-5,7,16,21H,2-3,11H2,1H3,(H,17,18)(H2,12,14,19);1H3,(H2,3,4);1-2H/t4?,5-,7?;;/m0../s1. The van der Waals surface area contributed by atoms with E-state index in [0.29, 0.717) is 5.75 Å². The van der Waals surface area contributed by atoms with Crippen molar-refractivity contribution in [1.82, 2.24) is 20.8 Å². The molecule has 2 unspecified atom stereocenters. The number of aliphatic hydroxyl groups is 1. The van der Waals surface area contributed by atoms with Crippen LogP contribution in [0.4, 0.5) is 4.79 Å². The first-order valence-corrected chi connectivity index (χ1v) is 7.95. The number of carboxylic acids is 1. The van der Waals surface area contributed by atoms with E-state index in [1.54, 1.807) is 0 Å². The number of primary amides is 1. The smallest absolute Gasteiger partial charge is 0.328 e. The molecule has 0 fully saturated rings. The zero-order chi connectivity index (χ0) is 21.6. The van der Waals surface area contributed by atoms with Gasteiger partial charge in [0.1, 0.15) is 0 Å². The van der Waals surface area contributed by atoms with Crippen molar-refractivity contribution in [3.05, 3.63) is 11.7 Å². The molecule has 0 bridgehead atoms. The van der Waals surface area contributed by atoms with Gasteiger partial charge in [0, 0.05) is 12.7 Å². The van der Waals surface area contributed by atoms with Crippen molar-refractivity contribution in [2.24, 2.45) is 11.5 Å². The number of carbonyl (C=O) groups excluding carboxylic acids is 2. The SMILES string of the molecule is C#C.CC(N)=O.CC(O)C(NC(=O)NCc1nc([C@@H](N)CS)no1)C(=O)O. The van der Waals surface area contributed by atoms with Gasteiger partial charge < -0.3 is 36.8 Å². The Hall–Kier alpha value is -2.82. The van der Waals surface area contributed by atoms with E-state index < -0.39 is 30.2 Å². The van der Waals surface area contributed by atoms with Gasteiger partial charge in [0.25, 0.3) is 0 Å². The summed E-state index contributed by atoms with van der Waals surface area (Å²) in [5.41, 5.74) is 10.1. The second-order valence-electron chi connectivity index (χ2n) is 4.83. The van der Waals surface area contributed by atoms with E-state index in [2.05, 4.69) is 52.0 Å². The Bertz CT molecular complexity index is 616. The molecule has 8 N–H and O–H groups in total. The van der Waals surface area contributed by atoms with E-state index in [1.807, 2.05) is 0 Å². The predicted octanol–water partition coefficient (Wildman–Crippen LogP) is -1.63. The molecule has 0 aromatic carbocycles. The van der Waals surface area contributed by atoms with Crippen LogP contribution in [0.5, 0.6) is 0 Å². The highest BCUT2D eigenvalue weighted by Gasteiger charge is 2.25. The van der Waals surface area contributed by atoms with Crippen LogP contribution >= 0.6 is 12.6 Å². The number of carboxylic acid groups (broad SMARTS) is 1. The summed E-state index contributed by atoms with van der Waals surface area (Å²) in [4.78, 5) is 35.5. The van der Waals surface area contributed by atoms with Crippen molar-refractivity contribution in [1.29, 1.82) is 0 Å². The number of urea groups is 1. The first-order valence-electron chi connectivity index (χ1n) is 7.32. The molecule has 27 heavy (non-hydrogen) atoms. The fraction of sp³-hybridized carbons (Fsp3) is 0.500. The van der Waals surface area contributed by atoms with E-state index in [0.717, 1.165) is 0 Å². The predicted molar refractivity (Wildman–Crippen MR) is 98.3 cm³/mol. The summed E-state index contributed by atoms with van der Waals surface area (Å²) < 4.78 is 4.85. The van der Waals surface area contributed by atoms with E-state index in [9.17, 15) is 19.5 Å². The molecule has 0 radical (unpaired) electrons. The first-order chi connectivity index (χ1) is 12.6. The highest BCUT2D eigenvalue weighted by molar-refractivity contribution is 7.80. The van der Waals surface area contributed by atoms with Gasteiger partial charge in [-0.05, 0) is 6.92 Å². The lowest BCUT2D eigenvalue weighted by molar-refractivity contribution is -0.141. The molecule has 1 heterocycles. The summed E-state index contributed by atoms with van der Waals surface area (Å²) in [6.45, 7) is 2.45. The van der Waals surface area contributed by atoms with Crippen LogP contribution in [0.1, 0.15) is 31.6 Å². The molecule has 3 amide bonds. The number of aromatic nitrogens is 2. The normalized spacial score (nSPS) is 12.7. The first kappa shape index (κ1) is 26.4. The van der Waals surface area contributed by atoms with Gasteiger partial charge in [0.05, 0.1) is 18.7 Å².